The van der Waals surface area contributed by atoms with Crippen molar-refractivity contribution < 1.29 is 13.7 Å². The number of benzene rings is 1. The van der Waals surface area contributed by atoms with Gasteiger partial charge in [0.2, 0.25) is 0 Å². The Bertz CT molecular complexity index is 968. The zero-order valence-electron chi connectivity index (χ0n) is 14.4. The van der Waals surface area contributed by atoms with E-state index in [1.807, 2.05) is 0 Å². The van der Waals surface area contributed by atoms with Crippen LogP contribution < -0.4 is 11.3 Å². The van der Waals surface area contributed by atoms with Crippen molar-refractivity contribution in [3.8, 4) is 0 Å². The highest BCUT2D eigenvalue weighted by Gasteiger charge is 2.30. The van der Waals surface area contributed by atoms with Crippen molar-refractivity contribution in [2.45, 2.75) is 32.2 Å². The van der Waals surface area contributed by atoms with E-state index in [2.05, 4.69) is 4.98 Å². The van der Waals surface area contributed by atoms with Crippen molar-refractivity contribution in [1.82, 2.24) is 9.55 Å². The minimum atomic E-state index is -0.800. The Morgan fingerprint density at radius 1 is 1.38 bits per heavy atom. The molecule has 108 valence electrons. The van der Waals surface area contributed by atoms with Gasteiger partial charge in [-0.3, -0.25) is 19.0 Å². The number of nitrogen functional groups attached to an aromatic ring is 1. The number of carbonyl (C=O) groups is 2. The van der Waals surface area contributed by atoms with E-state index in [4.69, 9.17) is 9.85 Å². The second kappa shape index (κ2) is 4.80. The highest BCUT2D eigenvalue weighted by atomic mass is 16.2. The molecule has 1 aromatic carbocycles. The number of rotatable bonds is 1. The molecule has 0 radical (unpaired) electrons. The lowest BCUT2D eigenvalue weighted by atomic mass is 9.92. The smallest absolute Gasteiger partial charge is 0.264 e. The Labute approximate surface area is 124 Å². The van der Waals surface area contributed by atoms with Gasteiger partial charge in [-0.2, -0.15) is 0 Å². The van der Waals surface area contributed by atoms with Crippen LogP contribution in [0.4, 0.5) is 5.69 Å². The number of anilines is 1. The van der Waals surface area contributed by atoms with Gasteiger partial charge in [0.05, 0.1) is 27.5 Å². The third-order valence-corrected chi connectivity index (χ3v) is 3.69. The molecule has 3 rings (SSSR count). The van der Waals surface area contributed by atoms with Crippen molar-refractivity contribution in [2.24, 2.45) is 0 Å². The molecule has 1 aromatic heterocycles. The van der Waals surface area contributed by atoms with E-state index in [9.17, 15) is 14.4 Å². The number of aromatic nitrogens is 2. The third-order valence-electron chi connectivity index (χ3n) is 3.69. The Balaban J connectivity index is 2.34. The number of nitrogens with zero attached hydrogens (tertiary/aromatic N) is 2. The Kier molecular flexibility index (Phi) is 2.35. The van der Waals surface area contributed by atoms with Crippen LogP contribution in [0.1, 0.15) is 35.2 Å². The summed E-state index contributed by atoms with van der Waals surface area (Å²) in [6.07, 6.45) is 0.196. The summed E-state index contributed by atoms with van der Waals surface area (Å²) in [6.45, 7) is 1.53. The maximum absolute atomic E-state index is 12.9. The van der Waals surface area contributed by atoms with E-state index in [0.29, 0.717) is 0 Å². The Morgan fingerprint density at radius 2 is 2.14 bits per heavy atom. The molecule has 2 aromatic rings. The molecule has 0 unspecified atom stereocenters. The number of hydrogen-bond donors (Lipinski definition) is 1. The summed E-state index contributed by atoms with van der Waals surface area (Å²) in [6, 6.07) is -1.96. The molecule has 1 atom stereocenters. The zero-order valence-corrected chi connectivity index (χ0v) is 11.4. The molecule has 6 nitrogen and oxygen atoms in total. The molecule has 1 heterocycles. The number of aryl methyl sites for hydroxylation is 1. The lowest BCUT2D eigenvalue weighted by Crippen LogP contribution is -2.36. The molecule has 21 heavy (non-hydrogen) atoms. The minimum Gasteiger partial charge on any atom is -0.398 e. The normalized spacial score (nSPS) is 21.2. The molecule has 1 aliphatic rings. The average Bonchev–Trinajstić information content (AvgIpc) is 2.52. The lowest BCUT2D eigenvalue weighted by Gasteiger charge is -2.24. The first-order chi connectivity index (χ1) is 11.2. The van der Waals surface area contributed by atoms with Crippen LogP contribution in [0, 0.1) is 6.92 Å². The minimum absolute atomic E-state index is 0.0495. The molecule has 1 fully saturated rings. The summed E-state index contributed by atoms with van der Waals surface area (Å²) >= 11 is 0. The number of carbonyl (C=O) groups excluding carboxylic acids is 2. The number of ketones is 2. The second-order valence-electron chi connectivity index (χ2n) is 5.08. The predicted octanol–water partition coefficient (Wildman–Crippen LogP) is 1.15. The highest BCUT2D eigenvalue weighted by Crippen LogP contribution is 2.24. The molecule has 0 bridgehead atoms. The number of hydrogen-bond acceptors (Lipinski definition) is 5. The summed E-state index contributed by atoms with van der Waals surface area (Å²) in [5.74, 6) is -0.299. The largest absolute Gasteiger partial charge is 0.398 e. The summed E-state index contributed by atoms with van der Waals surface area (Å²) < 4.78 is 24.6. The van der Waals surface area contributed by atoms with Gasteiger partial charge in [-0.05, 0) is 25.4 Å². The molecule has 0 amide bonds. The first-order valence-corrected chi connectivity index (χ1v) is 6.56. The molecule has 0 spiro atoms. The maximum Gasteiger partial charge on any atom is 0.264 e. The summed E-state index contributed by atoms with van der Waals surface area (Å²) in [5.41, 5.74) is 4.92. The van der Waals surface area contributed by atoms with Gasteiger partial charge >= 0.3 is 0 Å². The number of Topliss-reactive ketones (excluding diaryl/α,β-unsaturated/α-hetero) is 2. The van der Waals surface area contributed by atoms with Gasteiger partial charge in [0.1, 0.15) is 11.6 Å². The van der Waals surface area contributed by atoms with E-state index in [1.54, 1.807) is 0 Å². The van der Waals surface area contributed by atoms with Crippen molar-refractivity contribution in [3.05, 3.63) is 34.3 Å². The molecule has 0 saturated heterocycles. The van der Waals surface area contributed by atoms with Crippen LogP contribution in [0.15, 0.2) is 22.9 Å². The fraction of sp³-hybridized carbons (Fsp3) is 0.333. The SMILES string of the molecule is [2H]c1c([2H])c(N)c2c(=O)n([C@H]3CCC(=O)CC3=O)c(C)nc2c1[2H]. The van der Waals surface area contributed by atoms with Crippen LogP contribution in [0.2, 0.25) is 0 Å². The van der Waals surface area contributed by atoms with Gasteiger partial charge in [0.15, 0.2) is 5.78 Å². The Morgan fingerprint density at radius 3 is 2.86 bits per heavy atom. The van der Waals surface area contributed by atoms with Gasteiger partial charge in [0, 0.05) is 12.1 Å². The van der Waals surface area contributed by atoms with Gasteiger partial charge < -0.3 is 5.73 Å². The monoisotopic (exact) mass is 288 g/mol. The van der Waals surface area contributed by atoms with Crippen LogP contribution >= 0.6 is 0 Å². The van der Waals surface area contributed by atoms with Crippen LogP contribution in [0.5, 0.6) is 0 Å². The van der Waals surface area contributed by atoms with Crippen LogP contribution in [-0.4, -0.2) is 21.1 Å². The van der Waals surface area contributed by atoms with E-state index < -0.39 is 23.7 Å². The number of nitrogens with two attached hydrogens (primary N) is 1. The number of fused-ring (bicyclic) bond motifs is 1. The molecule has 1 aliphatic carbocycles. The first-order valence-electron chi connectivity index (χ1n) is 8.06. The quantitative estimate of drug-likeness (QED) is 0.627. The Hall–Kier alpha value is -2.50. The van der Waals surface area contributed by atoms with Crippen molar-refractivity contribution in [2.75, 3.05) is 5.73 Å². The maximum atomic E-state index is 12.9. The van der Waals surface area contributed by atoms with Crippen LogP contribution in [0.3, 0.4) is 0 Å². The zero-order chi connectivity index (χ0) is 17.8. The fourth-order valence-electron chi connectivity index (χ4n) is 2.69. The molecular weight excluding hydrogens is 270 g/mol. The van der Waals surface area contributed by atoms with E-state index in [1.165, 1.54) is 11.5 Å². The van der Waals surface area contributed by atoms with Gasteiger partial charge in [-0.15, -0.1) is 0 Å². The molecule has 0 aliphatic heterocycles. The molecule has 2 N–H and O–H groups in total. The van der Waals surface area contributed by atoms with Gasteiger partial charge in [-0.1, -0.05) is 6.04 Å². The van der Waals surface area contributed by atoms with E-state index in [0.717, 1.165) is 0 Å². The summed E-state index contributed by atoms with van der Waals surface area (Å²) in [7, 11) is 0. The summed E-state index contributed by atoms with van der Waals surface area (Å²) in [4.78, 5) is 40.6. The van der Waals surface area contributed by atoms with Crippen LogP contribution in [0.25, 0.3) is 10.9 Å². The van der Waals surface area contributed by atoms with Crippen molar-refractivity contribution in [3.63, 3.8) is 0 Å². The lowest BCUT2D eigenvalue weighted by molar-refractivity contribution is -0.132. The topological polar surface area (TPSA) is 95.0 Å². The van der Waals surface area contributed by atoms with Crippen molar-refractivity contribution >= 4 is 28.2 Å². The first kappa shape index (κ1) is 10.3. The van der Waals surface area contributed by atoms with E-state index in [-0.39, 0.29) is 59.3 Å². The second-order valence-corrected chi connectivity index (χ2v) is 5.08. The van der Waals surface area contributed by atoms with Crippen molar-refractivity contribution in [1.29, 1.82) is 0 Å². The van der Waals surface area contributed by atoms with Gasteiger partial charge in [-0.25, -0.2) is 4.98 Å². The third kappa shape index (κ3) is 2.12. The molecular formula is C15H15N3O3. The fourth-order valence-corrected chi connectivity index (χ4v) is 2.69. The highest BCUT2D eigenvalue weighted by molar-refractivity contribution is 6.03. The average molecular weight is 288 g/mol. The van der Waals surface area contributed by atoms with Gasteiger partial charge in [0.25, 0.3) is 5.56 Å². The van der Waals surface area contributed by atoms with Crippen LogP contribution in [-0.2, 0) is 9.59 Å². The molecule has 1 saturated carbocycles. The standard InChI is InChI=1S/C15H15N3O3/c1-8-17-11-4-2-3-10(16)14(11)15(21)18(8)12-6-5-9(19)7-13(12)20/h2-4,12H,5-7,16H2,1H3/t12-/m0/s1/i2D,3D,4D. The molecule has 6 heteroatoms. The van der Waals surface area contributed by atoms with E-state index >= 15 is 0 Å². The predicted molar refractivity (Wildman–Crippen MR) is 78.1 cm³/mol. The summed E-state index contributed by atoms with van der Waals surface area (Å²) in [5, 5.41) is -0.128.